The van der Waals surface area contributed by atoms with Gasteiger partial charge in [-0.25, -0.2) is 0 Å². The number of nitrogens with one attached hydrogen (secondary N) is 3. The average Bonchev–Trinajstić information content (AvgIpc) is 3.28. The molecule has 9 heteroatoms. The van der Waals surface area contributed by atoms with Crippen LogP contribution in [0.3, 0.4) is 0 Å². The molecule has 0 radical (unpaired) electrons. The van der Waals surface area contributed by atoms with Crippen LogP contribution in [-0.4, -0.2) is 47.7 Å². The number of likely N-dealkylation sites (tertiary alicyclic amines) is 1. The zero-order valence-corrected chi connectivity index (χ0v) is 17.6. The SMILES string of the molecule is CC(=O)NC(C(=O)N1CCCC1C(=O)Nc1cccc2c1NC(=O)CO2)c1ccccc1. The second-order valence-electron chi connectivity index (χ2n) is 7.74. The van der Waals surface area contributed by atoms with E-state index < -0.39 is 12.1 Å². The van der Waals surface area contributed by atoms with E-state index in [9.17, 15) is 19.2 Å². The summed E-state index contributed by atoms with van der Waals surface area (Å²) in [5.41, 5.74) is 1.45. The second kappa shape index (κ2) is 9.09. The molecular weight excluding hydrogens is 412 g/mol. The summed E-state index contributed by atoms with van der Waals surface area (Å²) in [6.07, 6.45) is 1.16. The molecule has 1 saturated heterocycles. The number of para-hydroxylation sites is 1. The zero-order valence-electron chi connectivity index (χ0n) is 17.6. The molecular formula is C23H24N4O5. The quantitative estimate of drug-likeness (QED) is 0.661. The Balaban J connectivity index is 1.54. The van der Waals surface area contributed by atoms with Crippen LogP contribution in [0.5, 0.6) is 5.75 Å². The van der Waals surface area contributed by atoms with Gasteiger partial charge in [-0.05, 0) is 30.5 Å². The molecule has 0 aromatic heterocycles. The minimum atomic E-state index is -0.876. The molecule has 4 rings (SSSR count). The molecule has 4 amide bonds. The second-order valence-corrected chi connectivity index (χ2v) is 7.74. The summed E-state index contributed by atoms with van der Waals surface area (Å²) >= 11 is 0. The molecule has 32 heavy (non-hydrogen) atoms. The third-order valence-electron chi connectivity index (χ3n) is 5.47. The fourth-order valence-electron chi connectivity index (χ4n) is 4.02. The summed E-state index contributed by atoms with van der Waals surface area (Å²) in [5.74, 6) is -0.872. The Kier molecular flexibility index (Phi) is 6.07. The Labute approximate surface area is 185 Å². The molecule has 1 fully saturated rings. The van der Waals surface area contributed by atoms with Gasteiger partial charge in [-0.15, -0.1) is 0 Å². The number of amides is 4. The highest BCUT2D eigenvalue weighted by Gasteiger charge is 2.38. The van der Waals surface area contributed by atoms with Gasteiger partial charge in [0.2, 0.25) is 17.7 Å². The first-order chi connectivity index (χ1) is 15.4. The number of nitrogens with zero attached hydrogens (tertiary/aromatic N) is 1. The smallest absolute Gasteiger partial charge is 0.262 e. The number of fused-ring (bicyclic) bond motifs is 1. The average molecular weight is 436 g/mol. The van der Waals surface area contributed by atoms with E-state index in [4.69, 9.17) is 4.74 Å². The highest BCUT2D eigenvalue weighted by molar-refractivity contribution is 6.05. The lowest BCUT2D eigenvalue weighted by Gasteiger charge is -2.29. The standard InChI is InChI=1S/C23H24N4O5/c1-14(28)24-20(15-7-3-2-4-8-15)23(31)27-12-6-10-17(27)22(30)25-16-9-5-11-18-21(16)26-19(29)13-32-18/h2-5,7-9,11,17,20H,6,10,12-13H2,1H3,(H,24,28)(H,25,30)(H,26,29). The van der Waals surface area contributed by atoms with Gasteiger partial charge in [-0.3, -0.25) is 19.2 Å². The molecule has 2 aliphatic rings. The number of carbonyl (C=O) groups is 4. The molecule has 3 N–H and O–H groups in total. The van der Waals surface area contributed by atoms with Crippen LogP contribution >= 0.6 is 0 Å². The van der Waals surface area contributed by atoms with Crippen molar-refractivity contribution >= 4 is 35.0 Å². The van der Waals surface area contributed by atoms with Gasteiger partial charge in [0.1, 0.15) is 23.5 Å². The molecule has 2 heterocycles. The molecule has 2 aliphatic heterocycles. The topological polar surface area (TPSA) is 117 Å². The lowest BCUT2D eigenvalue weighted by Crippen LogP contribution is -2.48. The normalized spacial score (nSPS) is 18.1. The number of rotatable bonds is 5. The van der Waals surface area contributed by atoms with E-state index in [2.05, 4.69) is 16.0 Å². The Morgan fingerprint density at radius 1 is 1.12 bits per heavy atom. The van der Waals surface area contributed by atoms with Crippen molar-refractivity contribution in [3.8, 4) is 5.75 Å². The molecule has 0 aliphatic carbocycles. The summed E-state index contributed by atoms with van der Waals surface area (Å²) < 4.78 is 5.39. The fourth-order valence-corrected chi connectivity index (χ4v) is 4.02. The molecule has 2 unspecified atom stereocenters. The maximum Gasteiger partial charge on any atom is 0.262 e. The van der Waals surface area contributed by atoms with Crippen molar-refractivity contribution in [1.82, 2.24) is 10.2 Å². The Morgan fingerprint density at radius 2 is 1.91 bits per heavy atom. The lowest BCUT2D eigenvalue weighted by atomic mass is 10.0. The number of benzene rings is 2. The molecule has 166 valence electrons. The third-order valence-corrected chi connectivity index (χ3v) is 5.47. The van der Waals surface area contributed by atoms with Crippen LogP contribution in [0.2, 0.25) is 0 Å². The van der Waals surface area contributed by atoms with Crippen molar-refractivity contribution in [3.05, 3.63) is 54.1 Å². The number of carbonyl (C=O) groups excluding carboxylic acids is 4. The van der Waals surface area contributed by atoms with Crippen LogP contribution in [0, 0.1) is 0 Å². The minimum Gasteiger partial charge on any atom is -0.481 e. The van der Waals surface area contributed by atoms with Crippen LogP contribution in [0.1, 0.15) is 31.4 Å². The molecule has 9 nitrogen and oxygen atoms in total. The van der Waals surface area contributed by atoms with Crippen LogP contribution < -0.4 is 20.7 Å². The van der Waals surface area contributed by atoms with E-state index in [-0.39, 0.29) is 30.2 Å². The summed E-state index contributed by atoms with van der Waals surface area (Å²) in [5, 5.41) is 8.24. The van der Waals surface area contributed by atoms with E-state index in [0.29, 0.717) is 42.1 Å². The Hall–Kier alpha value is -3.88. The molecule has 2 aromatic carbocycles. The van der Waals surface area contributed by atoms with Crippen molar-refractivity contribution < 1.29 is 23.9 Å². The van der Waals surface area contributed by atoms with E-state index in [0.717, 1.165) is 0 Å². The van der Waals surface area contributed by atoms with Crippen molar-refractivity contribution in [3.63, 3.8) is 0 Å². The summed E-state index contributed by atoms with van der Waals surface area (Å²) in [6.45, 7) is 1.68. The number of hydrogen-bond donors (Lipinski definition) is 3. The highest BCUT2D eigenvalue weighted by Crippen LogP contribution is 2.35. The van der Waals surface area contributed by atoms with Crippen LogP contribution in [0.25, 0.3) is 0 Å². The van der Waals surface area contributed by atoms with Crippen molar-refractivity contribution in [2.24, 2.45) is 0 Å². The Morgan fingerprint density at radius 3 is 2.66 bits per heavy atom. The summed E-state index contributed by atoms with van der Waals surface area (Å²) in [6, 6.07) is 12.5. The monoisotopic (exact) mass is 436 g/mol. The minimum absolute atomic E-state index is 0.0840. The first-order valence-corrected chi connectivity index (χ1v) is 10.4. The predicted molar refractivity (Wildman–Crippen MR) is 117 cm³/mol. The lowest BCUT2D eigenvalue weighted by molar-refractivity contribution is -0.140. The zero-order chi connectivity index (χ0) is 22.7. The van der Waals surface area contributed by atoms with Gasteiger partial charge in [-0.2, -0.15) is 0 Å². The maximum absolute atomic E-state index is 13.4. The molecule has 2 aromatic rings. The van der Waals surface area contributed by atoms with Gasteiger partial charge < -0.3 is 25.6 Å². The molecule has 0 spiro atoms. The van der Waals surface area contributed by atoms with Gasteiger partial charge in [0.05, 0.1) is 5.69 Å². The van der Waals surface area contributed by atoms with E-state index >= 15 is 0 Å². The van der Waals surface area contributed by atoms with Crippen molar-refractivity contribution in [2.75, 3.05) is 23.8 Å². The van der Waals surface area contributed by atoms with Crippen LogP contribution in [0.15, 0.2) is 48.5 Å². The van der Waals surface area contributed by atoms with Gasteiger partial charge in [0.15, 0.2) is 6.61 Å². The van der Waals surface area contributed by atoms with Crippen molar-refractivity contribution in [1.29, 1.82) is 0 Å². The van der Waals surface area contributed by atoms with E-state index in [1.54, 1.807) is 42.5 Å². The maximum atomic E-state index is 13.4. The van der Waals surface area contributed by atoms with Gasteiger partial charge in [0.25, 0.3) is 5.91 Å². The highest BCUT2D eigenvalue weighted by atomic mass is 16.5. The fraction of sp³-hybridized carbons (Fsp3) is 0.304. The molecule has 0 bridgehead atoms. The Bertz CT molecular complexity index is 1060. The van der Waals surface area contributed by atoms with Crippen molar-refractivity contribution in [2.45, 2.75) is 31.8 Å². The first-order valence-electron chi connectivity index (χ1n) is 10.4. The largest absolute Gasteiger partial charge is 0.481 e. The van der Waals surface area contributed by atoms with Gasteiger partial charge in [0, 0.05) is 13.5 Å². The number of hydrogen-bond acceptors (Lipinski definition) is 5. The van der Waals surface area contributed by atoms with Crippen LogP contribution in [0.4, 0.5) is 11.4 Å². The van der Waals surface area contributed by atoms with Gasteiger partial charge in [-0.1, -0.05) is 36.4 Å². The number of ether oxygens (including phenoxy) is 1. The van der Waals surface area contributed by atoms with Crippen LogP contribution in [-0.2, 0) is 19.2 Å². The molecule has 2 atom stereocenters. The number of anilines is 2. The van der Waals surface area contributed by atoms with E-state index in [1.807, 2.05) is 6.07 Å². The summed E-state index contributed by atoms with van der Waals surface area (Å²) in [4.78, 5) is 51.5. The molecule has 0 saturated carbocycles. The van der Waals surface area contributed by atoms with E-state index in [1.165, 1.54) is 11.8 Å². The van der Waals surface area contributed by atoms with Gasteiger partial charge >= 0.3 is 0 Å². The summed E-state index contributed by atoms with van der Waals surface area (Å²) in [7, 11) is 0. The first kappa shape index (κ1) is 21.4. The predicted octanol–water partition coefficient (Wildman–Crippen LogP) is 1.82. The third kappa shape index (κ3) is 4.41.